The molecule has 0 spiro atoms. The van der Waals surface area contributed by atoms with Crippen LogP contribution in [0.3, 0.4) is 0 Å². The minimum absolute atomic E-state index is 4.42. The Morgan fingerprint density at radius 1 is 0.529 bits per heavy atom. The first kappa shape index (κ1) is 17.5. The normalized spacial score (nSPS) is 16.2. The van der Waals surface area contributed by atoms with E-state index >= 15 is 0 Å². The van der Waals surface area contributed by atoms with Crippen molar-refractivity contribution in [2.75, 3.05) is 0 Å². The molecule has 0 aromatic carbocycles. The van der Waals surface area contributed by atoms with Gasteiger partial charge in [0, 0.05) is 0 Å². The summed E-state index contributed by atoms with van der Waals surface area (Å²) < 4.78 is 110. The first-order valence-electron chi connectivity index (χ1n) is 3.27. The highest BCUT2D eigenvalue weighted by molar-refractivity contribution is 7.66. The van der Waals surface area contributed by atoms with Crippen molar-refractivity contribution in [1.82, 2.24) is 0 Å². The number of hydrogen-bond donors (Lipinski definition) is 0. The molecule has 0 nitrogen and oxygen atoms in total. The second kappa shape index (κ2) is 4.24. The predicted octanol–water partition coefficient (Wildman–Crippen LogP) is 5.07. The Hall–Kier alpha value is 0.457. The summed E-state index contributed by atoms with van der Waals surface area (Å²) in [7, 11) is 0. The van der Waals surface area contributed by atoms with Crippen molar-refractivity contribution in [1.29, 1.82) is 0 Å². The Kier molecular flexibility index (Phi) is 4.35. The molecule has 0 radical (unpaired) electrons. The second-order valence-corrected chi connectivity index (χ2v) is 11.3. The lowest BCUT2D eigenvalue weighted by Gasteiger charge is -2.41. The van der Waals surface area contributed by atoms with Gasteiger partial charge in [-0.05, 0) is 0 Å². The molecule has 17 heavy (non-hydrogen) atoms. The number of alkyl halides is 9. The van der Waals surface area contributed by atoms with Crippen LogP contribution in [0.2, 0.25) is 5.04 Å². The van der Waals surface area contributed by atoms with Gasteiger partial charge in [-0.3, -0.25) is 0 Å². The van der Waals surface area contributed by atoms with Crippen molar-refractivity contribution < 1.29 is 39.5 Å². The summed E-state index contributed by atoms with van der Waals surface area (Å²) in [4.78, 5) is 0. The maximum absolute atomic E-state index is 12.2. The molecule has 0 atom stereocenters. The summed E-state index contributed by atoms with van der Waals surface area (Å²) >= 11 is 13.3. The van der Waals surface area contributed by atoms with Gasteiger partial charge < -0.3 is 0 Å². The fraction of sp³-hybridized carbons (Fsp3) is 1.00. The van der Waals surface area contributed by atoms with Crippen LogP contribution in [0.1, 0.15) is 0 Å². The van der Waals surface area contributed by atoms with Crippen LogP contribution in [0.4, 0.5) is 39.5 Å². The SMILES string of the molecule is FC(F)(F)C(C(F)(F)F)(C(F)(F)F)[Si](Cl)(Cl)Cl. The molecule has 0 rings (SSSR count). The van der Waals surface area contributed by atoms with Crippen LogP contribution in [0, 0.1) is 0 Å². The van der Waals surface area contributed by atoms with Gasteiger partial charge >= 0.3 is 24.5 Å². The third-order valence-corrected chi connectivity index (χ3v) is 5.95. The molecule has 0 heterocycles. The monoisotopic (exact) mass is 352 g/mol. The van der Waals surface area contributed by atoms with Crippen LogP contribution in [0.25, 0.3) is 0 Å². The molecule has 0 saturated carbocycles. The van der Waals surface area contributed by atoms with E-state index in [4.69, 9.17) is 0 Å². The zero-order valence-electron chi connectivity index (χ0n) is 7.04. The summed E-state index contributed by atoms with van der Waals surface area (Å²) in [6, 6.07) is -6.30. The van der Waals surface area contributed by atoms with Gasteiger partial charge in [0.2, 0.25) is 0 Å². The van der Waals surface area contributed by atoms with E-state index in [1.54, 1.807) is 0 Å². The molecule has 0 fully saturated rings. The lowest BCUT2D eigenvalue weighted by molar-refractivity contribution is -0.355. The maximum atomic E-state index is 12.2. The average molecular weight is 353 g/mol. The zero-order valence-corrected chi connectivity index (χ0v) is 10.3. The third-order valence-electron chi connectivity index (χ3n) is 1.70. The molecule has 0 aliphatic heterocycles. The van der Waals surface area contributed by atoms with Gasteiger partial charge in [-0.15, -0.1) is 33.2 Å². The predicted molar refractivity (Wildman–Crippen MR) is 44.2 cm³/mol. The van der Waals surface area contributed by atoms with Crippen molar-refractivity contribution in [3.05, 3.63) is 0 Å². The first-order chi connectivity index (χ1) is 7.00. The van der Waals surface area contributed by atoms with Crippen molar-refractivity contribution in [3.63, 3.8) is 0 Å². The fourth-order valence-electron chi connectivity index (χ4n) is 0.964. The summed E-state index contributed by atoms with van der Waals surface area (Å²) in [6.07, 6.45) is -20.5. The van der Waals surface area contributed by atoms with Crippen LogP contribution in [0.15, 0.2) is 0 Å². The van der Waals surface area contributed by atoms with Gasteiger partial charge in [0.05, 0.1) is 0 Å². The van der Waals surface area contributed by atoms with E-state index in [2.05, 4.69) is 33.2 Å². The molecule has 0 aliphatic rings. The lowest BCUT2D eigenvalue weighted by Crippen LogP contribution is -2.62. The topological polar surface area (TPSA) is 0 Å². The summed E-state index contributed by atoms with van der Waals surface area (Å²) in [6.45, 7) is 0. The maximum Gasteiger partial charge on any atom is 0.413 e. The third kappa shape index (κ3) is 2.59. The number of halogens is 12. The van der Waals surface area contributed by atoms with Crippen LogP contribution in [-0.2, 0) is 0 Å². The molecule has 0 aromatic rings. The molecular weight excluding hydrogens is 353 g/mol. The number of rotatable bonds is 1. The summed E-state index contributed by atoms with van der Waals surface area (Å²) in [5.41, 5.74) is 0. The minimum atomic E-state index is -6.82. The summed E-state index contributed by atoms with van der Waals surface area (Å²) in [5, 5.41) is -6.31. The van der Waals surface area contributed by atoms with Crippen LogP contribution >= 0.6 is 33.2 Å². The smallest absolute Gasteiger partial charge is 0.170 e. The zero-order chi connectivity index (χ0) is 14.5. The van der Waals surface area contributed by atoms with Gasteiger partial charge in [0.25, 0.3) is 5.04 Å². The van der Waals surface area contributed by atoms with Crippen molar-refractivity contribution >= 4 is 39.2 Å². The molecule has 0 aromatic heterocycles. The van der Waals surface area contributed by atoms with Crippen LogP contribution in [-0.4, -0.2) is 24.5 Å². The Balaban J connectivity index is 6.37. The Morgan fingerprint density at radius 2 is 0.706 bits per heavy atom. The molecule has 0 unspecified atom stereocenters. The van der Waals surface area contributed by atoms with Gasteiger partial charge in [-0.25, -0.2) is 0 Å². The van der Waals surface area contributed by atoms with Crippen LogP contribution in [0.5, 0.6) is 0 Å². The van der Waals surface area contributed by atoms with E-state index < -0.39 is 29.6 Å². The molecule has 0 N–H and O–H groups in total. The van der Waals surface area contributed by atoms with Gasteiger partial charge in [-0.2, -0.15) is 39.5 Å². The highest BCUT2D eigenvalue weighted by Crippen LogP contribution is 2.72. The Morgan fingerprint density at radius 3 is 0.706 bits per heavy atom. The highest BCUT2D eigenvalue weighted by Gasteiger charge is 2.92. The average Bonchev–Trinajstić information content (AvgIpc) is 1.67. The largest absolute Gasteiger partial charge is 0.413 e. The molecule has 0 saturated heterocycles. The quantitative estimate of drug-likeness (QED) is 0.351. The first-order valence-corrected chi connectivity index (χ1v) is 8.30. The van der Waals surface area contributed by atoms with E-state index in [-0.39, 0.29) is 0 Å². The molecule has 0 amide bonds. The summed E-state index contributed by atoms with van der Waals surface area (Å²) in [5.74, 6) is 0. The second-order valence-electron chi connectivity index (χ2n) is 2.74. The molecule has 0 aliphatic carbocycles. The van der Waals surface area contributed by atoms with Gasteiger partial charge in [-0.1, -0.05) is 0 Å². The van der Waals surface area contributed by atoms with Crippen molar-refractivity contribution in [3.8, 4) is 0 Å². The molecule has 13 heteroatoms. The van der Waals surface area contributed by atoms with E-state index in [1.807, 2.05) is 0 Å². The molecule has 104 valence electrons. The number of hydrogen-bond acceptors (Lipinski definition) is 0. The van der Waals surface area contributed by atoms with E-state index in [0.717, 1.165) is 0 Å². The van der Waals surface area contributed by atoms with Crippen molar-refractivity contribution in [2.24, 2.45) is 0 Å². The molecule has 0 bridgehead atoms. The highest BCUT2D eigenvalue weighted by atomic mass is 35.8. The van der Waals surface area contributed by atoms with Crippen LogP contribution < -0.4 is 0 Å². The standard InChI is InChI=1S/C4Cl3F9Si/c5-17(6,7)1(2(8,9)10,3(11,12)13)4(14,15)16. The van der Waals surface area contributed by atoms with E-state index in [1.165, 1.54) is 0 Å². The fourth-order valence-corrected chi connectivity index (χ4v) is 4.82. The van der Waals surface area contributed by atoms with E-state index in [9.17, 15) is 39.5 Å². The lowest BCUT2D eigenvalue weighted by atomic mass is 10.1. The Bertz CT molecular complexity index is 221. The van der Waals surface area contributed by atoms with Gasteiger partial charge in [0.15, 0.2) is 0 Å². The Labute approximate surface area is 103 Å². The minimum Gasteiger partial charge on any atom is -0.170 e. The van der Waals surface area contributed by atoms with Gasteiger partial charge in [0.1, 0.15) is 0 Å². The van der Waals surface area contributed by atoms with E-state index in [0.29, 0.717) is 0 Å². The van der Waals surface area contributed by atoms with Crippen molar-refractivity contribution in [2.45, 2.75) is 23.6 Å². The molecular formula is C4Cl3F9Si.